The predicted molar refractivity (Wildman–Crippen MR) is 73.6 cm³/mol. The van der Waals surface area contributed by atoms with E-state index in [4.69, 9.17) is 4.74 Å². The molecule has 2 aromatic heterocycles. The van der Waals surface area contributed by atoms with E-state index in [0.717, 1.165) is 5.56 Å². The highest BCUT2D eigenvalue weighted by molar-refractivity contribution is 5.77. The summed E-state index contributed by atoms with van der Waals surface area (Å²) < 4.78 is 6.69. The summed E-state index contributed by atoms with van der Waals surface area (Å²) in [6.45, 7) is 7.14. The molecular formula is C13H17N5O2. The van der Waals surface area contributed by atoms with Gasteiger partial charge in [0.2, 0.25) is 0 Å². The third kappa shape index (κ3) is 3.31. The van der Waals surface area contributed by atoms with E-state index >= 15 is 0 Å². The molecule has 7 heteroatoms. The Hall–Kier alpha value is -2.44. The van der Waals surface area contributed by atoms with Crippen molar-refractivity contribution in [3.8, 4) is 11.4 Å². The van der Waals surface area contributed by atoms with Crippen LogP contribution in [0.5, 0.6) is 0 Å². The first-order valence-corrected chi connectivity index (χ1v) is 6.19. The maximum atomic E-state index is 11.8. The highest BCUT2D eigenvalue weighted by Gasteiger charge is 2.19. The van der Waals surface area contributed by atoms with Crippen LogP contribution in [-0.4, -0.2) is 31.6 Å². The van der Waals surface area contributed by atoms with Crippen LogP contribution < -0.4 is 5.43 Å². The number of pyridine rings is 1. The van der Waals surface area contributed by atoms with E-state index in [1.807, 2.05) is 6.07 Å². The molecule has 0 saturated carbocycles. The molecule has 0 aromatic carbocycles. The largest absolute Gasteiger partial charge is 0.443 e. The van der Waals surface area contributed by atoms with Crippen molar-refractivity contribution < 1.29 is 9.53 Å². The Kier molecular flexibility index (Phi) is 3.69. The molecule has 1 amide bonds. The molecule has 2 aromatic rings. The number of amides is 1. The summed E-state index contributed by atoms with van der Waals surface area (Å²) in [5.41, 5.74) is 2.80. The van der Waals surface area contributed by atoms with Crippen LogP contribution >= 0.6 is 0 Å². The molecule has 0 bridgehead atoms. The number of aromatic nitrogens is 4. The zero-order valence-corrected chi connectivity index (χ0v) is 11.9. The average molecular weight is 275 g/mol. The summed E-state index contributed by atoms with van der Waals surface area (Å²) >= 11 is 0. The highest BCUT2D eigenvalue weighted by Crippen LogP contribution is 2.16. The van der Waals surface area contributed by atoms with E-state index in [1.54, 1.807) is 46.2 Å². The molecule has 0 spiro atoms. The average Bonchev–Trinajstić information content (AvgIpc) is 2.70. The molecule has 7 nitrogen and oxygen atoms in total. The minimum absolute atomic E-state index is 0.501. The van der Waals surface area contributed by atoms with Crippen molar-refractivity contribution >= 4 is 6.09 Å². The van der Waals surface area contributed by atoms with E-state index in [1.165, 1.54) is 4.68 Å². The Labute approximate surface area is 117 Å². The number of carbonyl (C=O) groups excluding carboxylic acids is 1. The second-order valence-corrected chi connectivity index (χ2v) is 5.26. The summed E-state index contributed by atoms with van der Waals surface area (Å²) in [7, 11) is 0. The van der Waals surface area contributed by atoms with Gasteiger partial charge in [-0.15, -0.1) is 10.2 Å². The number of carbonyl (C=O) groups is 1. The quantitative estimate of drug-likeness (QED) is 0.907. The fourth-order valence-corrected chi connectivity index (χ4v) is 1.57. The molecule has 2 heterocycles. The van der Waals surface area contributed by atoms with Crippen LogP contribution in [0, 0.1) is 6.92 Å². The van der Waals surface area contributed by atoms with Crippen LogP contribution in [0.2, 0.25) is 0 Å². The Bertz CT molecular complexity index is 601. The molecule has 0 aliphatic heterocycles. The van der Waals surface area contributed by atoms with E-state index in [0.29, 0.717) is 11.6 Å². The molecule has 0 atom stereocenters. The van der Waals surface area contributed by atoms with Gasteiger partial charge < -0.3 is 4.74 Å². The number of hydrogen-bond acceptors (Lipinski definition) is 5. The summed E-state index contributed by atoms with van der Waals surface area (Å²) in [6, 6.07) is 3.63. The first kappa shape index (κ1) is 14.0. The summed E-state index contributed by atoms with van der Waals surface area (Å²) in [5, 5.41) is 8.00. The SMILES string of the molecule is Cc1nnc(-c2cccnc2)n1NC(=O)OC(C)(C)C. The summed E-state index contributed by atoms with van der Waals surface area (Å²) in [4.78, 5) is 15.9. The van der Waals surface area contributed by atoms with Crippen LogP contribution in [0.3, 0.4) is 0 Å². The lowest BCUT2D eigenvalue weighted by Gasteiger charge is -2.20. The summed E-state index contributed by atoms with van der Waals surface area (Å²) in [5.74, 6) is 1.05. The number of rotatable bonds is 2. The Balaban J connectivity index is 2.25. The molecule has 20 heavy (non-hydrogen) atoms. The maximum absolute atomic E-state index is 11.8. The normalized spacial score (nSPS) is 11.2. The van der Waals surface area contributed by atoms with Gasteiger partial charge in [0, 0.05) is 18.0 Å². The fraction of sp³-hybridized carbons (Fsp3) is 0.385. The smallest absolute Gasteiger partial charge is 0.427 e. The van der Waals surface area contributed by atoms with Gasteiger partial charge in [-0.1, -0.05) is 0 Å². The molecule has 0 radical (unpaired) electrons. The molecule has 0 unspecified atom stereocenters. The molecule has 0 saturated heterocycles. The second kappa shape index (κ2) is 5.28. The summed E-state index contributed by atoms with van der Waals surface area (Å²) in [6.07, 6.45) is 2.75. The highest BCUT2D eigenvalue weighted by atomic mass is 16.6. The van der Waals surface area contributed by atoms with Gasteiger partial charge in [0.15, 0.2) is 5.82 Å². The van der Waals surface area contributed by atoms with E-state index < -0.39 is 11.7 Å². The lowest BCUT2D eigenvalue weighted by atomic mass is 10.2. The number of hydrogen-bond donors (Lipinski definition) is 1. The molecule has 106 valence electrons. The van der Waals surface area contributed by atoms with Crippen LogP contribution in [0.25, 0.3) is 11.4 Å². The van der Waals surface area contributed by atoms with Gasteiger partial charge in [-0.05, 0) is 39.8 Å². The monoisotopic (exact) mass is 275 g/mol. The van der Waals surface area contributed by atoms with E-state index in [-0.39, 0.29) is 0 Å². The van der Waals surface area contributed by atoms with Crippen molar-refractivity contribution in [1.29, 1.82) is 0 Å². The lowest BCUT2D eigenvalue weighted by molar-refractivity contribution is 0.0613. The van der Waals surface area contributed by atoms with Crippen molar-refractivity contribution in [3.05, 3.63) is 30.4 Å². The van der Waals surface area contributed by atoms with Crippen molar-refractivity contribution in [2.75, 3.05) is 5.43 Å². The fourth-order valence-electron chi connectivity index (χ4n) is 1.57. The van der Waals surface area contributed by atoms with Gasteiger partial charge in [-0.3, -0.25) is 4.98 Å². The maximum Gasteiger partial charge on any atom is 0.427 e. The van der Waals surface area contributed by atoms with E-state index in [9.17, 15) is 4.79 Å². The third-order valence-corrected chi connectivity index (χ3v) is 2.35. The topological polar surface area (TPSA) is 81.9 Å². The van der Waals surface area contributed by atoms with Gasteiger partial charge in [-0.25, -0.2) is 14.9 Å². The molecule has 2 rings (SSSR count). The standard InChI is InChI=1S/C13H17N5O2/c1-9-15-16-11(10-6-5-7-14-8-10)18(9)17-12(19)20-13(2,3)4/h5-8H,1-4H3,(H,17,19). The van der Waals surface area contributed by atoms with Crippen LogP contribution in [0.4, 0.5) is 4.79 Å². The Morgan fingerprint density at radius 3 is 2.70 bits per heavy atom. The zero-order chi connectivity index (χ0) is 14.8. The van der Waals surface area contributed by atoms with Crippen molar-refractivity contribution in [2.24, 2.45) is 0 Å². The number of nitrogens with one attached hydrogen (secondary N) is 1. The third-order valence-electron chi connectivity index (χ3n) is 2.35. The predicted octanol–water partition coefficient (Wildman–Crippen LogP) is 2.13. The molecule has 0 aliphatic rings. The molecule has 0 aliphatic carbocycles. The second-order valence-electron chi connectivity index (χ2n) is 5.26. The van der Waals surface area contributed by atoms with Crippen molar-refractivity contribution in [2.45, 2.75) is 33.3 Å². The van der Waals surface area contributed by atoms with Gasteiger partial charge in [0.05, 0.1) is 0 Å². The van der Waals surface area contributed by atoms with E-state index in [2.05, 4.69) is 20.6 Å². The van der Waals surface area contributed by atoms with Crippen molar-refractivity contribution in [1.82, 2.24) is 19.9 Å². The van der Waals surface area contributed by atoms with Crippen LogP contribution in [0.15, 0.2) is 24.5 Å². The molecule has 0 fully saturated rings. The molecular weight excluding hydrogens is 258 g/mol. The van der Waals surface area contributed by atoms with Crippen LogP contribution in [-0.2, 0) is 4.74 Å². The van der Waals surface area contributed by atoms with Gasteiger partial charge >= 0.3 is 6.09 Å². The van der Waals surface area contributed by atoms with Gasteiger partial charge in [-0.2, -0.15) is 0 Å². The number of ether oxygens (including phenoxy) is 1. The lowest BCUT2D eigenvalue weighted by Crippen LogP contribution is -2.32. The number of nitrogens with zero attached hydrogens (tertiary/aromatic N) is 4. The first-order valence-electron chi connectivity index (χ1n) is 6.19. The Morgan fingerprint density at radius 2 is 2.10 bits per heavy atom. The Morgan fingerprint density at radius 1 is 1.35 bits per heavy atom. The van der Waals surface area contributed by atoms with Crippen LogP contribution in [0.1, 0.15) is 26.6 Å². The number of aryl methyl sites for hydroxylation is 1. The minimum Gasteiger partial charge on any atom is -0.443 e. The zero-order valence-electron chi connectivity index (χ0n) is 11.9. The minimum atomic E-state index is -0.569. The van der Waals surface area contributed by atoms with Gasteiger partial charge in [0.25, 0.3) is 0 Å². The molecule has 1 N–H and O–H groups in total. The first-order chi connectivity index (χ1) is 9.37. The van der Waals surface area contributed by atoms with Crippen molar-refractivity contribution in [3.63, 3.8) is 0 Å². The van der Waals surface area contributed by atoms with Gasteiger partial charge in [0.1, 0.15) is 11.4 Å².